The van der Waals surface area contributed by atoms with Crippen LogP contribution < -0.4 is 4.90 Å². The zero-order valence-electron chi connectivity index (χ0n) is 10.4. The van der Waals surface area contributed by atoms with Gasteiger partial charge in [-0.1, -0.05) is 19.1 Å². The predicted octanol–water partition coefficient (Wildman–Crippen LogP) is 3.07. The molecule has 1 aromatic carbocycles. The van der Waals surface area contributed by atoms with Crippen LogP contribution in [0.1, 0.15) is 31.4 Å². The SMILES string of the molecule is CC[C@@H](O)c1ccc(N2CCCSCC2)cc1. The molecule has 0 unspecified atom stereocenters. The van der Waals surface area contributed by atoms with Crippen molar-refractivity contribution in [3.63, 3.8) is 0 Å². The van der Waals surface area contributed by atoms with E-state index in [4.69, 9.17) is 0 Å². The summed E-state index contributed by atoms with van der Waals surface area (Å²) in [6.45, 7) is 4.30. The van der Waals surface area contributed by atoms with Crippen LogP contribution in [-0.2, 0) is 0 Å². The van der Waals surface area contributed by atoms with Crippen LogP contribution in [0.5, 0.6) is 0 Å². The van der Waals surface area contributed by atoms with Gasteiger partial charge in [-0.2, -0.15) is 11.8 Å². The molecule has 0 radical (unpaired) electrons. The first kappa shape index (κ1) is 12.8. The standard InChI is InChI=1S/C14H21NOS/c1-2-14(16)12-4-6-13(7-5-12)15-8-3-10-17-11-9-15/h4-7,14,16H,2-3,8-11H2,1H3/t14-/m1/s1. The fourth-order valence-corrected chi connectivity index (χ4v) is 3.03. The Hall–Kier alpha value is -0.670. The lowest BCUT2D eigenvalue weighted by molar-refractivity contribution is 0.173. The fraction of sp³-hybridized carbons (Fsp3) is 0.571. The first-order chi connectivity index (χ1) is 8.31. The average Bonchev–Trinajstić information content (AvgIpc) is 2.67. The molecule has 0 amide bonds. The van der Waals surface area contributed by atoms with Gasteiger partial charge in [0, 0.05) is 24.5 Å². The summed E-state index contributed by atoms with van der Waals surface area (Å²) in [5.41, 5.74) is 2.32. The monoisotopic (exact) mass is 251 g/mol. The first-order valence-corrected chi connectivity index (χ1v) is 7.57. The van der Waals surface area contributed by atoms with Crippen LogP contribution in [0.3, 0.4) is 0 Å². The maximum absolute atomic E-state index is 9.76. The molecular weight excluding hydrogens is 230 g/mol. The van der Waals surface area contributed by atoms with E-state index in [1.165, 1.54) is 23.6 Å². The van der Waals surface area contributed by atoms with E-state index in [2.05, 4.69) is 29.2 Å². The summed E-state index contributed by atoms with van der Waals surface area (Å²) in [7, 11) is 0. The first-order valence-electron chi connectivity index (χ1n) is 6.42. The molecule has 1 atom stereocenters. The topological polar surface area (TPSA) is 23.5 Å². The normalized spacial score (nSPS) is 18.8. The predicted molar refractivity (Wildman–Crippen MR) is 75.8 cm³/mol. The van der Waals surface area contributed by atoms with Gasteiger partial charge in [0.1, 0.15) is 0 Å². The number of benzene rings is 1. The number of rotatable bonds is 3. The van der Waals surface area contributed by atoms with E-state index in [9.17, 15) is 5.11 Å². The molecule has 0 saturated carbocycles. The van der Waals surface area contributed by atoms with E-state index in [0.717, 1.165) is 25.1 Å². The minimum Gasteiger partial charge on any atom is -0.388 e. The van der Waals surface area contributed by atoms with Crippen molar-refractivity contribution in [3.05, 3.63) is 29.8 Å². The second-order valence-electron chi connectivity index (χ2n) is 4.47. The van der Waals surface area contributed by atoms with Gasteiger partial charge in [0.25, 0.3) is 0 Å². The van der Waals surface area contributed by atoms with Crippen LogP contribution in [0.4, 0.5) is 5.69 Å². The van der Waals surface area contributed by atoms with E-state index in [1.54, 1.807) is 0 Å². The molecule has 1 aliphatic rings. The van der Waals surface area contributed by atoms with E-state index < -0.39 is 0 Å². The van der Waals surface area contributed by atoms with Gasteiger partial charge in [-0.3, -0.25) is 0 Å². The number of aliphatic hydroxyl groups excluding tert-OH is 1. The Morgan fingerprint density at radius 1 is 1.24 bits per heavy atom. The number of nitrogens with zero attached hydrogens (tertiary/aromatic N) is 1. The molecule has 0 aliphatic carbocycles. The molecule has 17 heavy (non-hydrogen) atoms. The third-order valence-electron chi connectivity index (χ3n) is 3.25. The molecule has 0 spiro atoms. The lowest BCUT2D eigenvalue weighted by Gasteiger charge is -2.22. The lowest BCUT2D eigenvalue weighted by atomic mass is 10.1. The van der Waals surface area contributed by atoms with Gasteiger partial charge in [0.05, 0.1) is 6.10 Å². The Labute approximate surface area is 108 Å². The molecule has 3 heteroatoms. The summed E-state index contributed by atoms with van der Waals surface area (Å²) in [5, 5.41) is 9.76. The summed E-state index contributed by atoms with van der Waals surface area (Å²) < 4.78 is 0. The molecule has 0 aromatic heterocycles. The quantitative estimate of drug-likeness (QED) is 0.893. The Bertz CT molecular complexity index is 331. The minimum atomic E-state index is -0.316. The number of anilines is 1. The average molecular weight is 251 g/mol. The molecule has 0 bridgehead atoms. The van der Waals surface area contributed by atoms with Gasteiger partial charge in [0.2, 0.25) is 0 Å². The molecular formula is C14H21NOS. The van der Waals surface area contributed by atoms with Crippen molar-refractivity contribution in [2.24, 2.45) is 0 Å². The highest BCUT2D eigenvalue weighted by atomic mass is 32.2. The van der Waals surface area contributed by atoms with Crippen molar-refractivity contribution < 1.29 is 5.11 Å². The maximum atomic E-state index is 9.76. The second-order valence-corrected chi connectivity index (χ2v) is 5.69. The highest BCUT2D eigenvalue weighted by Crippen LogP contribution is 2.23. The Balaban J connectivity index is 2.05. The molecule has 94 valence electrons. The molecule has 2 nitrogen and oxygen atoms in total. The van der Waals surface area contributed by atoms with Crippen LogP contribution in [0.2, 0.25) is 0 Å². The highest BCUT2D eigenvalue weighted by molar-refractivity contribution is 7.99. The van der Waals surface area contributed by atoms with Crippen LogP contribution in [-0.4, -0.2) is 29.7 Å². The zero-order chi connectivity index (χ0) is 12.1. The van der Waals surface area contributed by atoms with E-state index in [0.29, 0.717) is 0 Å². The van der Waals surface area contributed by atoms with E-state index >= 15 is 0 Å². The molecule has 2 rings (SSSR count). The van der Waals surface area contributed by atoms with Crippen molar-refractivity contribution >= 4 is 17.4 Å². The molecule has 1 N–H and O–H groups in total. The van der Waals surface area contributed by atoms with Gasteiger partial charge in [-0.05, 0) is 36.3 Å². The largest absolute Gasteiger partial charge is 0.388 e. The molecule has 1 aromatic rings. The van der Waals surface area contributed by atoms with Crippen molar-refractivity contribution in [1.82, 2.24) is 0 Å². The second kappa shape index (κ2) is 6.31. The van der Waals surface area contributed by atoms with Crippen LogP contribution in [0.15, 0.2) is 24.3 Å². The minimum absolute atomic E-state index is 0.316. The fourth-order valence-electron chi connectivity index (χ4n) is 2.15. The summed E-state index contributed by atoms with van der Waals surface area (Å²) in [5.74, 6) is 2.50. The van der Waals surface area contributed by atoms with Crippen LogP contribution >= 0.6 is 11.8 Å². The summed E-state index contributed by atoms with van der Waals surface area (Å²) in [6.07, 6.45) is 1.73. The number of thioether (sulfide) groups is 1. The Morgan fingerprint density at radius 2 is 2.00 bits per heavy atom. The summed E-state index contributed by atoms with van der Waals surface area (Å²) in [4.78, 5) is 2.45. The van der Waals surface area contributed by atoms with Crippen molar-refractivity contribution in [1.29, 1.82) is 0 Å². The summed E-state index contributed by atoms with van der Waals surface area (Å²) >= 11 is 2.04. The highest BCUT2D eigenvalue weighted by Gasteiger charge is 2.10. The maximum Gasteiger partial charge on any atom is 0.0787 e. The Morgan fingerprint density at radius 3 is 2.71 bits per heavy atom. The molecule has 1 saturated heterocycles. The third kappa shape index (κ3) is 3.39. The van der Waals surface area contributed by atoms with E-state index in [1.807, 2.05) is 18.7 Å². The van der Waals surface area contributed by atoms with E-state index in [-0.39, 0.29) is 6.10 Å². The van der Waals surface area contributed by atoms with Gasteiger partial charge >= 0.3 is 0 Å². The van der Waals surface area contributed by atoms with Gasteiger partial charge in [-0.15, -0.1) is 0 Å². The number of aliphatic hydroxyl groups is 1. The number of hydrogen-bond acceptors (Lipinski definition) is 3. The van der Waals surface area contributed by atoms with Gasteiger partial charge in [-0.25, -0.2) is 0 Å². The van der Waals surface area contributed by atoms with Crippen molar-refractivity contribution in [2.45, 2.75) is 25.9 Å². The molecule has 1 fully saturated rings. The van der Waals surface area contributed by atoms with Gasteiger partial charge < -0.3 is 10.0 Å². The van der Waals surface area contributed by atoms with Crippen LogP contribution in [0.25, 0.3) is 0 Å². The zero-order valence-corrected chi connectivity index (χ0v) is 11.2. The molecule has 1 heterocycles. The Kier molecular flexibility index (Phi) is 4.75. The smallest absolute Gasteiger partial charge is 0.0787 e. The third-order valence-corrected chi connectivity index (χ3v) is 4.30. The van der Waals surface area contributed by atoms with Crippen molar-refractivity contribution in [3.8, 4) is 0 Å². The van der Waals surface area contributed by atoms with Gasteiger partial charge in [0.15, 0.2) is 0 Å². The molecule has 1 aliphatic heterocycles. The summed E-state index contributed by atoms with van der Waals surface area (Å²) in [6, 6.07) is 8.40. The number of hydrogen-bond donors (Lipinski definition) is 1. The van der Waals surface area contributed by atoms with Crippen molar-refractivity contribution in [2.75, 3.05) is 29.5 Å². The van der Waals surface area contributed by atoms with Crippen LogP contribution in [0, 0.1) is 0 Å². The lowest BCUT2D eigenvalue weighted by Crippen LogP contribution is -2.25.